The second-order valence-electron chi connectivity index (χ2n) is 20.6. The number of aliphatic hydroxyl groups is 2. The summed E-state index contributed by atoms with van der Waals surface area (Å²) in [6.07, 6.45) is 2.81. The maximum Gasteiger partial charge on any atom is 0.283 e. The standard InChI is InChI=1S/C28H33F4N3O2.C27H29F6N3O2/c1-3-4-9-34-13-19(14-34)37-18-11-22(29)25(23(30)12-18)27-26-21(20-7-5-6-8-24(20)33-26)10-17(2)35(27)15-28(31,32)16-36;1-15-7-20-19-8-16(29)3-4-23(19)34-25(20)26(36(15)13-27(32,33)14-37)24-21(30)9-17(10-22(24)31)38-18-11-35(12-18)6-2-5-28/h5-8,11-12,17,19,27,33,36H,3-4,9-10,13-16H2,1-2H3;3-4,8-10,15,18,26,34,37H,2,5-7,11-14H2,1H3/t17-,27-;15-,26-/m11/s1. The van der Waals surface area contributed by atoms with Crippen molar-refractivity contribution in [2.75, 3.05) is 72.2 Å². The van der Waals surface area contributed by atoms with E-state index in [1.807, 2.05) is 29.2 Å². The van der Waals surface area contributed by atoms with Crippen LogP contribution in [0.25, 0.3) is 21.8 Å². The van der Waals surface area contributed by atoms with Crippen LogP contribution in [0.1, 0.15) is 85.8 Å². The molecule has 0 amide bonds. The minimum Gasteiger partial charge on any atom is -0.488 e. The predicted molar refractivity (Wildman–Crippen MR) is 264 cm³/mol. The first-order valence-corrected chi connectivity index (χ1v) is 25.5. The number of likely N-dealkylation sites (tertiary alicyclic amines) is 2. The Kier molecular flexibility index (Phi) is 16.2. The number of aromatic amines is 2. The van der Waals surface area contributed by atoms with Gasteiger partial charge in [0.25, 0.3) is 11.8 Å². The molecule has 0 saturated carbocycles. The summed E-state index contributed by atoms with van der Waals surface area (Å²) in [7, 11) is 0. The van der Waals surface area contributed by atoms with Gasteiger partial charge in [-0.05, 0) is 81.5 Å². The number of benzene rings is 4. The van der Waals surface area contributed by atoms with Crippen LogP contribution in [0.3, 0.4) is 0 Å². The smallest absolute Gasteiger partial charge is 0.283 e. The molecular weight excluding hydrogens is 999 g/mol. The van der Waals surface area contributed by atoms with Crippen LogP contribution < -0.4 is 9.47 Å². The topological polar surface area (TPSA) is 103 Å². The van der Waals surface area contributed by atoms with E-state index in [1.54, 1.807) is 13.8 Å². The molecule has 4 N–H and O–H groups in total. The number of hydrogen-bond donors (Lipinski definition) is 4. The number of halogens is 10. The molecule has 10 rings (SSSR count). The minimum absolute atomic E-state index is 0.0334. The third-order valence-electron chi connectivity index (χ3n) is 14.9. The molecule has 20 heteroatoms. The van der Waals surface area contributed by atoms with Crippen LogP contribution in [-0.4, -0.2) is 148 Å². The number of fused-ring (bicyclic) bond motifs is 6. The van der Waals surface area contributed by atoms with Gasteiger partial charge in [0, 0.05) is 113 Å². The Bertz CT molecular complexity index is 2910. The molecule has 4 aliphatic rings. The summed E-state index contributed by atoms with van der Waals surface area (Å²) in [5, 5.41) is 19.9. The maximum absolute atomic E-state index is 15.7. The van der Waals surface area contributed by atoms with Crippen LogP contribution in [0.5, 0.6) is 11.5 Å². The molecule has 2 saturated heterocycles. The lowest BCUT2D eigenvalue weighted by molar-refractivity contribution is -0.0870. The number of rotatable bonds is 18. The van der Waals surface area contributed by atoms with E-state index in [-0.39, 0.29) is 35.7 Å². The molecular formula is C55H62F10N6O4. The zero-order chi connectivity index (χ0) is 53.5. The van der Waals surface area contributed by atoms with Gasteiger partial charge < -0.3 is 29.7 Å². The van der Waals surface area contributed by atoms with Crippen molar-refractivity contribution in [3.63, 3.8) is 0 Å². The molecule has 10 nitrogen and oxygen atoms in total. The Balaban J connectivity index is 0.000000184. The van der Waals surface area contributed by atoms with Gasteiger partial charge in [-0.25, -0.2) is 39.5 Å². The molecule has 0 radical (unpaired) electrons. The second-order valence-corrected chi connectivity index (χ2v) is 20.6. The van der Waals surface area contributed by atoms with E-state index in [1.165, 1.54) is 28.0 Å². The van der Waals surface area contributed by atoms with Crippen molar-refractivity contribution in [1.82, 2.24) is 29.6 Å². The Morgan fingerprint density at radius 3 is 1.49 bits per heavy atom. The number of nitrogens with zero attached hydrogens (tertiary/aromatic N) is 4. The monoisotopic (exact) mass is 1060 g/mol. The van der Waals surface area contributed by atoms with E-state index in [4.69, 9.17) is 9.47 Å². The van der Waals surface area contributed by atoms with Gasteiger partial charge in [0.2, 0.25) is 0 Å². The average Bonchev–Trinajstić information content (AvgIpc) is 3.89. The Morgan fingerprint density at radius 2 is 1.04 bits per heavy atom. The average molecular weight is 1060 g/mol. The number of aliphatic hydroxyl groups excluding tert-OH is 2. The molecule has 4 aromatic carbocycles. The molecule has 2 fully saturated rings. The quantitative estimate of drug-likeness (QED) is 0.0632. The fourth-order valence-corrected chi connectivity index (χ4v) is 11.2. The number of aromatic nitrogens is 2. The van der Waals surface area contributed by atoms with Gasteiger partial charge in [0.15, 0.2) is 0 Å². The van der Waals surface area contributed by atoms with Gasteiger partial charge in [-0.15, -0.1) is 0 Å². The summed E-state index contributed by atoms with van der Waals surface area (Å²) < 4.78 is 158. The molecule has 6 aromatic rings. The van der Waals surface area contributed by atoms with Crippen molar-refractivity contribution in [2.24, 2.45) is 0 Å². The Hall–Kier alpha value is -5.38. The number of unbranched alkanes of at least 4 members (excludes halogenated alkanes) is 1. The summed E-state index contributed by atoms with van der Waals surface area (Å²) in [6.45, 7) is 4.53. The molecule has 75 heavy (non-hydrogen) atoms. The van der Waals surface area contributed by atoms with Gasteiger partial charge in [-0.1, -0.05) is 31.5 Å². The molecule has 0 unspecified atom stereocenters. The first kappa shape index (κ1) is 54.4. The number of para-hydroxylation sites is 1. The summed E-state index contributed by atoms with van der Waals surface area (Å²) >= 11 is 0. The first-order chi connectivity index (χ1) is 35.8. The third kappa shape index (κ3) is 11.5. The highest BCUT2D eigenvalue weighted by molar-refractivity contribution is 5.86. The van der Waals surface area contributed by atoms with Crippen molar-refractivity contribution in [2.45, 2.75) is 101 Å². The van der Waals surface area contributed by atoms with E-state index in [0.29, 0.717) is 73.4 Å². The van der Waals surface area contributed by atoms with E-state index in [0.717, 1.165) is 60.1 Å². The lowest BCUT2D eigenvalue weighted by Gasteiger charge is -2.42. The lowest BCUT2D eigenvalue weighted by Crippen LogP contribution is -2.53. The Labute approximate surface area is 428 Å². The highest BCUT2D eigenvalue weighted by atomic mass is 19.3. The van der Waals surface area contributed by atoms with Gasteiger partial charge in [-0.2, -0.15) is 0 Å². The molecule has 6 heterocycles. The fraction of sp³-hybridized carbons (Fsp3) is 0.491. The molecule has 0 bridgehead atoms. The molecule has 4 atom stereocenters. The van der Waals surface area contributed by atoms with Gasteiger partial charge in [0.05, 0.1) is 31.8 Å². The third-order valence-corrected chi connectivity index (χ3v) is 14.9. The van der Waals surface area contributed by atoms with Crippen molar-refractivity contribution in [3.05, 3.63) is 129 Å². The largest absolute Gasteiger partial charge is 0.488 e. The van der Waals surface area contributed by atoms with Crippen molar-refractivity contribution in [1.29, 1.82) is 0 Å². The van der Waals surface area contributed by atoms with Crippen LogP contribution in [-0.2, 0) is 12.8 Å². The SMILES string of the molecule is CCCCN1CC(Oc2cc(F)c([C@@H]3c4[nH]c5ccccc5c4C[C@@H](C)N3CC(F)(F)CO)c(F)c2)C1.C[C@@H]1Cc2c([nH]c3ccc(F)cc23)[C@@H](c2c(F)cc(OC3CN(CCCF)C3)cc2F)N1CC(F)(F)CO. The van der Waals surface area contributed by atoms with Gasteiger partial charge in [0.1, 0.15) is 66.0 Å². The number of hydrogen-bond acceptors (Lipinski definition) is 8. The van der Waals surface area contributed by atoms with E-state index < -0.39 is 104 Å². The van der Waals surface area contributed by atoms with Crippen molar-refractivity contribution >= 4 is 21.8 Å². The van der Waals surface area contributed by atoms with Gasteiger partial charge in [-0.3, -0.25) is 24.0 Å². The molecule has 406 valence electrons. The summed E-state index contributed by atoms with van der Waals surface area (Å²) in [5.74, 6) is -11.0. The van der Waals surface area contributed by atoms with Crippen LogP contribution in [0.4, 0.5) is 43.9 Å². The normalized spacial score (nSPS) is 21.2. The van der Waals surface area contributed by atoms with Crippen LogP contribution in [0.15, 0.2) is 66.7 Å². The zero-order valence-electron chi connectivity index (χ0n) is 41.9. The van der Waals surface area contributed by atoms with Crippen molar-refractivity contribution < 1.29 is 63.6 Å². The fourth-order valence-electron chi connectivity index (χ4n) is 11.2. The Morgan fingerprint density at radius 1 is 0.600 bits per heavy atom. The van der Waals surface area contributed by atoms with Gasteiger partial charge >= 0.3 is 0 Å². The van der Waals surface area contributed by atoms with Crippen LogP contribution >= 0.6 is 0 Å². The highest BCUT2D eigenvalue weighted by Crippen LogP contribution is 2.46. The minimum atomic E-state index is -3.52. The number of alkyl halides is 5. The van der Waals surface area contributed by atoms with E-state index >= 15 is 17.6 Å². The van der Waals surface area contributed by atoms with E-state index in [9.17, 15) is 36.6 Å². The molecule has 2 aromatic heterocycles. The first-order valence-electron chi connectivity index (χ1n) is 25.5. The van der Waals surface area contributed by atoms with Crippen LogP contribution in [0.2, 0.25) is 0 Å². The zero-order valence-corrected chi connectivity index (χ0v) is 41.9. The number of ether oxygens (including phenoxy) is 2. The molecule has 0 aliphatic carbocycles. The number of H-pyrrole nitrogens is 2. The highest BCUT2D eigenvalue weighted by Gasteiger charge is 2.46. The summed E-state index contributed by atoms with van der Waals surface area (Å²) in [4.78, 5) is 13.2. The van der Waals surface area contributed by atoms with Crippen molar-refractivity contribution in [3.8, 4) is 11.5 Å². The molecule has 0 spiro atoms. The summed E-state index contributed by atoms with van der Waals surface area (Å²) in [5.41, 5.74) is 2.80. The second kappa shape index (κ2) is 22.3. The van der Waals surface area contributed by atoms with E-state index in [2.05, 4.69) is 21.8 Å². The molecule has 4 aliphatic heterocycles. The predicted octanol–water partition coefficient (Wildman–Crippen LogP) is 10.2. The number of nitrogens with one attached hydrogen (secondary N) is 2. The van der Waals surface area contributed by atoms with Crippen LogP contribution in [0, 0.1) is 29.1 Å². The summed E-state index contributed by atoms with van der Waals surface area (Å²) in [6, 6.07) is 12.5. The lowest BCUT2D eigenvalue weighted by atomic mass is 9.87. The maximum atomic E-state index is 15.7.